The third-order valence-electron chi connectivity index (χ3n) is 4.83. The number of phenols is 1. The van der Waals surface area contributed by atoms with Crippen LogP contribution in [0.5, 0.6) is 5.75 Å². The molecule has 1 saturated heterocycles. The zero-order valence-corrected chi connectivity index (χ0v) is 16.3. The van der Waals surface area contributed by atoms with Gasteiger partial charge in [0.2, 0.25) is 0 Å². The topological polar surface area (TPSA) is 49.2 Å². The van der Waals surface area contributed by atoms with E-state index in [4.69, 9.17) is 6.42 Å². The van der Waals surface area contributed by atoms with Crippen molar-refractivity contribution in [3.63, 3.8) is 0 Å². The molecule has 0 spiro atoms. The monoisotopic (exact) mass is 433 g/mol. The van der Waals surface area contributed by atoms with Crippen molar-refractivity contribution in [2.75, 3.05) is 18.0 Å². The molecule has 9 heteroatoms. The summed E-state index contributed by atoms with van der Waals surface area (Å²) in [7, 11) is 0. The van der Waals surface area contributed by atoms with Gasteiger partial charge in [0.1, 0.15) is 10.8 Å². The maximum Gasteiger partial charge on any atom is 0.419 e. The third kappa shape index (κ3) is 3.71. The summed E-state index contributed by atoms with van der Waals surface area (Å²) < 4.78 is 54.9. The highest BCUT2D eigenvalue weighted by molar-refractivity contribution is 7.18. The van der Waals surface area contributed by atoms with E-state index in [2.05, 4.69) is 15.9 Å². The van der Waals surface area contributed by atoms with E-state index in [1.807, 2.05) is 0 Å². The first kappa shape index (κ1) is 20.2. The first-order valence-electron chi connectivity index (χ1n) is 9.06. The molecule has 1 N–H and O–H groups in total. The number of thiazole rings is 1. The molecule has 1 aliphatic rings. The molecular formula is C21H15F4N3OS. The SMILES string of the molecule is C#Cc1cc(-c2cnc(-c3cnc(N4CCCC4)c(C(F)(F)F)c3)s2)cc(F)c1O. The van der Waals surface area contributed by atoms with E-state index >= 15 is 0 Å². The Labute approximate surface area is 173 Å². The zero-order chi connectivity index (χ0) is 21.5. The normalized spacial score (nSPS) is 14.2. The zero-order valence-electron chi connectivity index (χ0n) is 15.5. The van der Waals surface area contributed by atoms with Crippen LogP contribution in [-0.4, -0.2) is 28.2 Å². The van der Waals surface area contributed by atoms with Crippen LogP contribution in [0.1, 0.15) is 24.0 Å². The van der Waals surface area contributed by atoms with Crippen molar-refractivity contribution in [1.29, 1.82) is 0 Å². The molecule has 0 radical (unpaired) electrons. The lowest BCUT2D eigenvalue weighted by Crippen LogP contribution is -2.23. The maximum atomic E-state index is 13.9. The number of pyridine rings is 1. The lowest BCUT2D eigenvalue weighted by Gasteiger charge is -2.21. The first-order chi connectivity index (χ1) is 14.3. The molecular weight excluding hydrogens is 418 g/mol. The Balaban J connectivity index is 1.73. The number of rotatable bonds is 3. The van der Waals surface area contributed by atoms with Crippen LogP contribution >= 0.6 is 11.3 Å². The molecule has 154 valence electrons. The molecule has 4 rings (SSSR count). The Morgan fingerprint density at radius 3 is 2.47 bits per heavy atom. The highest BCUT2D eigenvalue weighted by Gasteiger charge is 2.37. The Hall–Kier alpha value is -3.12. The van der Waals surface area contributed by atoms with Gasteiger partial charge in [-0.25, -0.2) is 14.4 Å². The average Bonchev–Trinajstić information content (AvgIpc) is 3.41. The fourth-order valence-electron chi connectivity index (χ4n) is 3.36. The van der Waals surface area contributed by atoms with Crippen molar-refractivity contribution in [2.24, 2.45) is 0 Å². The van der Waals surface area contributed by atoms with Gasteiger partial charge in [0, 0.05) is 31.0 Å². The summed E-state index contributed by atoms with van der Waals surface area (Å²) in [5.74, 6) is 0.621. The summed E-state index contributed by atoms with van der Waals surface area (Å²) in [5.41, 5.74) is -0.225. The summed E-state index contributed by atoms with van der Waals surface area (Å²) >= 11 is 1.08. The summed E-state index contributed by atoms with van der Waals surface area (Å²) in [6.07, 6.45) is 5.19. The summed E-state index contributed by atoms with van der Waals surface area (Å²) in [4.78, 5) is 10.4. The number of hydrogen-bond acceptors (Lipinski definition) is 5. The van der Waals surface area contributed by atoms with Crippen molar-refractivity contribution in [3.05, 3.63) is 47.5 Å². The predicted octanol–water partition coefficient (Wildman–Crippen LogP) is 5.32. The van der Waals surface area contributed by atoms with Crippen molar-refractivity contribution in [2.45, 2.75) is 19.0 Å². The van der Waals surface area contributed by atoms with E-state index in [0.717, 1.165) is 36.3 Å². The van der Waals surface area contributed by atoms with Gasteiger partial charge in [-0.3, -0.25) is 0 Å². The second-order valence-corrected chi connectivity index (χ2v) is 7.85. The standard InChI is InChI=1S/C21H15F4N3OS/c1-2-12-7-13(9-16(22)18(12)29)17-11-27-20(30-17)14-8-15(21(23,24)25)19(26-10-14)28-5-3-4-6-28/h1,7-11,29H,3-6H2. The van der Waals surface area contributed by atoms with Crippen LogP contribution < -0.4 is 4.90 Å². The van der Waals surface area contributed by atoms with E-state index < -0.39 is 23.3 Å². The summed E-state index contributed by atoms with van der Waals surface area (Å²) in [6.45, 7) is 1.08. The molecule has 0 amide bonds. The minimum absolute atomic E-state index is 0.0176. The van der Waals surface area contributed by atoms with E-state index in [1.165, 1.54) is 18.5 Å². The highest BCUT2D eigenvalue weighted by Crippen LogP contribution is 2.40. The number of alkyl halides is 3. The Bertz CT molecular complexity index is 1140. The van der Waals surface area contributed by atoms with Gasteiger partial charge in [-0.05, 0) is 36.6 Å². The molecule has 1 fully saturated rings. The molecule has 1 aliphatic heterocycles. The van der Waals surface area contributed by atoms with E-state index in [-0.39, 0.29) is 16.9 Å². The molecule has 3 heterocycles. The van der Waals surface area contributed by atoms with Crippen LogP contribution in [0.15, 0.2) is 30.6 Å². The summed E-state index contributed by atoms with van der Waals surface area (Å²) in [6, 6.07) is 3.57. The molecule has 4 nitrogen and oxygen atoms in total. The molecule has 3 aromatic rings. The van der Waals surface area contributed by atoms with Crippen LogP contribution in [0.4, 0.5) is 23.4 Å². The van der Waals surface area contributed by atoms with Crippen molar-refractivity contribution >= 4 is 17.2 Å². The number of nitrogens with zero attached hydrogens (tertiary/aromatic N) is 3. The fourth-order valence-corrected chi connectivity index (χ4v) is 4.24. The molecule has 0 saturated carbocycles. The number of aromatic hydroxyl groups is 1. The molecule has 2 aromatic heterocycles. The van der Waals surface area contributed by atoms with E-state index in [1.54, 1.807) is 4.90 Å². The Morgan fingerprint density at radius 2 is 1.80 bits per heavy atom. The van der Waals surface area contributed by atoms with Gasteiger partial charge < -0.3 is 10.0 Å². The minimum Gasteiger partial charge on any atom is -0.504 e. The molecule has 0 atom stereocenters. The van der Waals surface area contributed by atoms with Crippen LogP contribution in [0.25, 0.3) is 21.0 Å². The number of phenolic OH excluding ortho intramolecular Hbond substituents is 1. The first-order valence-corrected chi connectivity index (χ1v) is 9.87. The molecule has 0 bridgehead atoms. The van der Waals surface area contributed by atoms with Crippen LogP contribution in [0.2, 0.25) is 0 Å². The molecule has 30 heavy (non-hydrogen) atoms. The maximum absolute atomic E-state index is 13.9. The quantitative estimate of drug-likeness (QED) is 0.449. The van der Waals surface area contributed by atoms with Gasteiger partial charge in [0.05, 0.1) is 16.0 Å². The fraction of sp³-hybridized carbons (Fsp3) is 0.238. The van der Waals surface area contributed by atoms with Crippen molar-refractivity contribution < 1.29 is 22.7 Å². The summed E-state index contributed by atoms with van der Waals surface area (Å²) in [5, 5.41) is 9.94. The minimum atomic E-state index is -4.55. The number of hydrogen-bond donors (Lipinski definition) is 1. The number of terminal acetylenes is 1. The van der Waals surface area contributed by atoms with Gasteiger partial charge in [0.25, 0.3) is 0 Å². The molecule has 1 aromatic carbocycles. The van der Waals surface area contributed by atoms with Crippen molar-refractivity contribution in [1.82, 2.24) is 9.97 Å². The van der Waals surface area contributed by atoms with Gasteiger partial charge >= 0.3 is 6.18 Å². The second-order valence-electron chi connectivity index (χ2n) is 6.82. The van der Waals surface area contributed by atoms with Crippen LogP contribution in [0, 0.1) is 18.2 Å². The number of anilines is 1. The number of aromatic nitrogens is 2. The van der Waals surface area contributed by atoms with Crippen molar-refractivity contribution in [3.8, 4) is 39.1 Å². The van der Waals surface area contributed by atoms with Gasteiger partial charge in [-0.15, -0.1) is 17.8 Å². The number of benzene rings is 1. The van der Waals surface area contributed by atoms with Gasteiger partial charge in [0.15, 0.2) is 11.6 Å². The number of halogens is 4. The van der Waals surface area contributed by atoms with Gasteiger partial charge in [-0.1, -0.05) is 5.92 Å². The predicted molar refractivity (Wildman–Crippen MR) is 107 cm³/mol. The van der Waals surface area contributed by atoms with E-state index in [0.29, 0.717) is 28.5 Å². The third-order valence-corrected chi connectivity index (χ3v) is 5.93. The lowest BCUT2D eigenvalue weighted by atomic mass is 10.1. The largest absolute Gasteiger partial charge is 0.504 e. The molecule has 0 unspecified atom stereocenters. The molecule has 0 aliphatic carbocycles. The smallest absolute Gasteiger partial charge is 0.419 e. The Kier molecular flexibility index (Phi) is 5.12. The lowest BCUT2D eigenvalue weighted by molar-refractivity contribution is -0.137. The Morgan fingerprint density at radius 1 is 1.07 bits per heavy atom. The highest BCUT2D eigenvalue weighted by atomic mass is 32.1. The second kappa shape index (κ2) is 7.61. The van der Waals surface area contributed by atoms with E-state index in [9.17, 15) is 22.7 Å². The van der Waals surface area contributed by atoms with Crippen LogP contribution in [0.3, 0.4) is 0 Å². The van der Waals surface area contributed by atoms with Gasteiger partial charge in [-0.2, -0.15) is 13.2 Å². The average molecular weight is 433 g/mol. The van der Waals surface area contributed by atoms with Crippen LogP contribution in [-0.2, 0) is 6.18 Å².